The Morgan fingerprint density at radius 3 is 2.86 bits per heavy atom. The van der Waals surface area contributed by atoms with Gasteiger partial charge in [0, 0.05) is 21.2 Å². The molecule has 110 valence electrons. The van der Waals surface area contributed by atoms with Gasteiger partial charge < -0.3 is 9.73 Å². The van der Waals surface area contributed by atoms with Crippen molar-refractivity contribution in [3.8, 4) is 0 Å². The standard InChI is InChI=1S/C17H18BrNOS/c1-2-8-19-14(11-17-13(18)7-9-21-17)16-10-12-5-3-4-6-15(12)20-16/h3-7,9-10,14,19H,2,8,11H2,1H3. The van der Waals surface area contributed by atoms with Crippen LogP contribution in [0.3, 0.4) is 0 Å². The average Bonchev–Trinajstić information content (AvgIpc) is 3.09. The number of nitrogens with one attached hydrogen (secondary N) is 1. The van der Waals surface area contributed by atoms with Crippen LogP contribution in [0.4, 0.5) is 0 Å². The van der Waals surface area contributed by atoms with Crippen LogP contribution in [0.5, 0.6) is 0 Å². The fraction of sp³-hybridized carbons (Fsp3) is 0.294. The molecule has 0 bridgehead atoms. The average molecular weight is 364 g/mol. The first-order chi connectivity index (χ1) is 10.3. The number of fused-ring (bicyclic) bond motifs is 1. The van der Waals surface area contributed by atoms with E-state index in [1.54, 1.807) is 11.3 Å². The molecule has 0 saturated carbocycles. The monoisotopic (exact) mass is 363 g/mol. The van der Waals surface area contributed by atoms with Crippen LogP contribution in [-0.4, -0.2) is 6.54 Å². The number of hydrogen-bond donors (Lipinski definition) is 1. The highest BCUT2D eigenvalue weighted by Gasteiger charge is 2.18. The minimum Gasteiger partial charge on any atom is -0.459 e. The van der Waals surface area contributed by atoms with Crippen LogP contribution in [0.15, 0.2) is 50.7 Å². The lowest BCUT2D eigenvalue weighted by atomic mass is 10.1. The minimum absolute atomic E-state index is 0.215. The summed E-state index contributed by atoms with van der Waals surface area (Å²) in [5.41, 5.74) is 0.959. The van der Waals surface area contributed by atoms with Crippen molar-refractivity contribution >= 4 is 38.2 Å². The van der Waals surface area contributed by atoms with E-state index >= 15 is 0 Å². The summed E-state index contributed by atoms with van der Waals surface area (Å²) in [6.07, 6.45) is 2.06. The molecule has 0 aliphatic rings. The molecule has 2 aromatic heterocycles. The molecule has 0 radical (unpaired) electrons. The maximum absolute atomic E-state index is 6.04. The molecule has 1 atom stereocenters. The van der Waals surface area contributed by atoms with Crippen molar-refractivity contribution in [2.24, 2.45) is 0 Å². The van der Waals surface area contributed by atoms with Gasteiger partial charge in [0.2, 0.25) is 0 Å². The van der Waals surface area contributed by atoms with Crippen LogP contribution >= 0.6 is 27.3 Å². The summed E-state index contributed by atoms with van der Waals surface area (Å²) >= 11 is 5.41. The van der Waals surface area contributed by atoms with E-state index in [4.69, 9.17) is 4.42 Å². The zero-order chi connectivity index (χ0) is 14.7. The van der Waals surface area contributed by atoms with Crippen molar-refractivity contribution in [1.82, 2.24) is 5.32 Å². The number of furan rings is 1. The van der Waals surface area contributed by atoms with Gasteiger partial charge in [-0.25, -0.2) is 0 Å². The van der Waals surface area contributed by atoms with Gasteiger partial charge in [0.1, 0.15) is 11.3 Å². The van der Waals surface area contributed by atoms with Gasteiger partial charge in [-0.3, -0.25) is 0 Å². The third-order valence-corrected chi connectivity index (χ3v) is 5.46. The van der Waals surface area contributed by atoms with Gasteiger partial charge in [-0.15, -0.1) is 11.3 Å². The molecule has 3 rings (SSSR count). The van der Waals surface area contributed by atoms with Crippen molar-refractivity contribution in [3.63, 3.8) is 0 Å². The molecule has 0 fully saturated rings. The Morgan fingerprint density at radius 2 is 2.14 bits per heavy atom. The molecule has 1 N–H and O–H groups in total. The molecule has 4 heteroatoms. The van der Waals surface area contributed by atoms with Crippen molar-refractivity contribution in [2.75, 3.05) is 6.54 Å². The van der Waals surface area contributed by atoms with Crippen LogP contribution in [0.2, 0.25) is 0 Å². The van der Waals surface area contributed by atoms with Crippen LogP contribution in [-0.2, 0) is 6.42 Å². The van der Waals surface area contributed by atoms with Gasteiger partial charge in [-0.05, 0) is 52.5 Å². The predicted octanol–water partition coefficient (Wildman–Crippen LogP) is 5.54. The number of para-hydroxylation sites is 1. The van der Waals surface area contributed by atoms with Gasteiger partial charge >= 0.3 is 0 Å². The van der Waals surface area contributed by atoms with Crippen LogP contribution in [0, 0.1) is 0 Å². The zero-order valence-electron chi connectivity index (χ0n) is 11.9. The molecule has 2 heterocycles. The summed E-state index contributed by atoms with van der Waals surface area (Å²) in [6.45, 7) is 3.18. The lowest BCUT2D eigenvalue weighted by Gasteiger charge is -2.15. The normalized spacial score (nSPS) is 12.9. The van der Waals surface area contributed by atoms with E-state index in [1.807, 2.05) is 18.2 Å². The molecule has 0 spiro atoms. The molecule has 0 amide bonds. The Hall–Kier alpha value is -1.10. The second-order valence-electron chi connectivity index (χ2n) is 5.09. The van der Waals surface area contributed by atoms with E-state index in [0.29, 0.717) is 0 Å². The second-order valence-corrected chi connectivity index (χ2v) is 6.94. The summed E-state index contributed by atoms with van der Waals surface area (Å²) in [5, 5.41) is 6.89. The first-order valence-corrected chi connectivity index (χ1v) is 8.89. The molecular formula is C17H18BrNOS. The second kappa shape index (κ2) is 6.77. The summed E-state index contributed by atoms with van der Waals surface area (Å²) in [5.74, 6) is 1.02. The van der Waals surface area contributed by atoms with Crippen LogP contribution in [0.1, 0.15) is 30.0 Å². The third-order valence-electron chi connectivity index (χ3n) is 3.51. The third kappa shape index (κ3) is 3.39. The summed E-state index contributed by atoms with van der Waals surface area (Å²) in [4.78, 5) is 1.35. The van der Waals surface area contributed by atoms with Crippen molar-refractivity contribution in [3.05, 3.63) is 56.9 Å². The molecule has 0 saturated heterocycles. The fourth-order valence-electron chi connectivity index (χ4n) is 2.42. The molecule has 21 heavy (non-hydrogen) atoms. The smallest absolute Gasteiger partial charge is 0.134 e. The van der Waals surface area contributed by atoms with Gasteiger partial charge in [-0.2, -0.15) is 0 Å². The first-order valence-electron chi connectivity index (χ1n) is 7.21. The SMILES string of the molecule is CCCNC(Cc1sccc1Br)c1cc2ccccc2o1. The predicted molar refractivity (Wildman–Crippen MR) is 93.0 cm³/mol. The van der Waals surface area contributed by atoms with E-state index in [-0.39, 0.29) is 6.04 Å². The fourth-order valence-corrected chi connectivity index (χ4v) is 3.98. The first kappa shape index (κ1) is 14.8. The minimum atomic E-state index is 0.215. The Bertz CT molecular complexity index is 685. The van der Waals surface area contributed by atoms with Gasteiger partial charge in [0.05, 0.1) is 6.04 Å². The molecule has 0 aliphatic heterocycles. The lowest BCUT2D eigenvalue weighted by molar-refractivity contribution is 0.429. The zero-order valence-corrected chi connectivity index (χ0v) is 14.3. The van der Waals surface area contributed by atoms with Crippen LogP contribution in [0.25, 0.3) is 11.0 Å². The molecule has 1 unspecified atom stereocenters. The number of halogens is 1. The Labute approximate surface area is 137 Å². The highest BCUT2D eigenvalue weighted by molar-refractivity contribution is 9.10. The van der Waals surface area contributed by atoms with E-state index < -0.39 is 0 Å². The van der Waals surface area contributed by atoms with E-state index in [2.05, 4.69) is 51.7 Å². The number of benzene rings is 1. The largest absolute Gasteiger partial charge is 0.459 e. The van der Waals surface area contributed by atoms with E-state index in [1.165, 1.54) is 14.7 Å². The molecule has 3 aromatic rings. The molecular weight excluding hydrogens is 346 g/mol. The van der Waals surface area contributed by atoms with Crippen LogP contribution < -0.4 is 5.32 Å². The highest BCUT2D eigenvalue weighted by Crippen LogP contribution is 2.30. The maximum atomic E-state index is 6.04. The van der Waals surface area contributed by atoms with Gasteiger partial charge in [0.25, 0.3) is 0 Å². The van der Waals surface area contributed by atoms with Crippen molar-refractivity contribution in [2.45, 2.75) is 25.8 Å². The van der Waals surface area contributed by atoms with Crippen molar-refractivity contribution in [1.29, 1.82) is 0 Å². The van der Waals surface area contributed by atoms with E-state index in [0.717, 1.165) is 30.7 Å². The Morgan fingerprint density at radius 1 is 1.29 bits per heavy atom. The van der Waals surface area contributed by atoms with E-state index in [9.17, 15) is 0 Å². The maximum Gasteiger partial charge on any atom is 0.134 e. The molecule has 0 aliphatic carbocycles. The van der Waals surface area contributed by atoms with Gasteiger partial charge in [-0.1, -0.05) is 25.1 Å². The topological polar surface area (TPSA) is 25.2 Å². The summed E-state index contributed by atoms with van der Waals surface area (Å²) in [6, 6.07) is 12.7. The Balaban J connectivity index is 1.88. The van der Waals surface area contributed by atoms with Crippen molar-refractivity contribution < 1.29 is 4.42 Å². The number of hydrogen-bond acceptors (Lipinski definition) is 3. The number of thiophene rings is 1. The molecule has 1 aromatic carbocycles. The summed E-state index contributed by atoms with van der Waals surface area (Å²) in [7, 11) is 0. The highest BCUT2D eigenvalue weighted by atomic mass is 79.9. The number of rotatable bonds is 6. The summed E-state index contributed by atoms with van der Waals surface area (Å²) < 4.78 is 7.23. The lowest BCUT2D eigenvalue weighted by Crippen LogP contribution is -2.23. The Kier molecular flexibility index (Phi) is 4.78. The molecule has 2 nitrogen and oxygen atoms in total. The van der Waals surface area contributed by atoms with Gasteiger partial charge in [0.15, 0.2) is 0 Å². The quantitative estimate of drug-likeness (QED) is 0.621.